The van der Waals surface area contributed by atoms with Crippen molar-refractivity contribution < 1.29 is 18.7 Å². The van der Waals surface area contributed by atoms with Gasteiger partial charge in [0.1, 0.15) is 5.58 Å². The second-order valence-corrected chi connectivity index (χ2v) is 6.62. The lowest BCUT2D eigenvalue weighted by atomic mass is 10.2. The molecule has 0 aliphatic heterocycles. The number of carbonyl (C=O) groups excluding carboxylic acids is 2. The Morgan fingerprint density at radius 3 is 2.40 bits per heavy atom. The first-order valence-electron chi connectivity index (χ1n) is 7.92. The largest absolute Gasteiger partial charge is 0.450 e. The topological polar surface area (TPSA) is 76.8 Å². The first-order chi connectivity index (χ1) is 11.7. The first-order valence-corrected chi connectivity index (χ1v) is 8.30. The van der Waals surface area contributed by atoms with Crippen LogP contribution < -0.4 is 5.43 Å². The number of hydrogen-bond donors (Lipinski definition) is 0. The predicted molar refractivity (Wildman–Crippen MR) is 94.9 cm³/mol. The van der Waals surface area contributed by atoms with E-state index in [9.17, 15) is 14.4 Å². The van der Waals surface area contributed by atoms with Crippen molar-refractivity contribution >= 4 is 34.4 Å². The molecule has 0 spiro atoms. The zero-order valence-corrected chi connectivity index (χ0v) is 15.3. The standard InChI is InChI=1S/C18H20ClNO5/c1-10(2)20(11(3)4)17(22)9-24-18(23)16-8-14(21)13-7-12(19)5-6-15(13)25-16/h5-8,10-11H,9H2,1-4H3. The van der Waals surface area contributed by atoms with Crippen LogP contribution in [0.2, 0.25) is 5.02 Å². The van der Waals surface area contributed by atoms with Crippen LogP contribution in [0.4, 0.5) is 0 Å². The zero-order valence-electron chi connectivity index (χ0n) is 14.5. The Bertz CT molecular complexity index is 848. The van der Waals surface area contributed by atoms with Gasteiger partial charge in [0.05, 0.1) is 5.39 Å². The highest BCUT2D eigenvalue weighted by atomic mass is 35.5. The number of carbonyl (C=O) groups is 2. The van der Waals surface area contributed by atoms with Crippen molar-refractivity contribution in [3.63, 3.8) is 0 Å². The number of ether oxygens (including phenoxy) is 1. The summed E-state index contributed by atoms with van der Waals surface area (Å²) in [4.78, 5) is 38.0. The molecule has 0 atom stereocenters. The van der Waals surface area contributed by atoms with E-state index < -0.39 is 18.0 Å². The maximum Gasteiger partial charge on any atom is 0.374 e. The summed E-state index contributed by atoms with van der Waals surface area (Å²) in [7, 11) is 0. The summed E-state index contributed by atoms with van der Waals surface area (Å²) in [5.41, 5.74) is -0.186. The molecule has 25 heavy (non-hydrogen) atoms. The maximum atomic E-state index is 12.2. The molecule has 0 aliphatic rings. The van der Waals surface area contributed by atoms with E-state index in [0.29, 0.717) is 5.02 Å². The highest BCUT2D eigenvalue weighted by molar-refractivity contribution is 6.31. The molecule has 7 heteroatoms. The molecule has 1 heterocycles. The third kappa shape index (κ3) is 4.39. The Hall–Kier alpha value is -2.34. The summed E-state index contributed by atoms with van der Waals surface area (Å²) in [6.07, 6.45) is 0. The highest BCUT2D eigenvalue weighted by Crippen LogP contribution is 2.18. The second-order valence-electron chi connectivity index (χ2n) is 6.18. The quantitative estimate of drug-likeness (QED) is 0.760. The average molecular weight is 366 g/mol. The molecule has 0 fully saturated rings. The van der Waals surface area contributed by atoms with Crippen LogP contribution in [0, 0.1) is 0 Å². The molecule has 1 amide bonds. The van der Waals surface area contributed by atoms with Gasteiger partial charge in [-0.05, 0) is 45.9 Å². The van der Waals surface area contributed by atoms with E-state index >= 15 is 0 Å². The van der Waals surface area contributed by atoms with Crippen LogP contribution in [0.5, 0.6) is 0 Å². The number of nitrogens with zero attached hydrogens (tertiary/aromatic N) is 1. The molecular weight excluding hydrogens is 346 g/mol. The fraction of sp³-hybridized carbons (Fsp3) is 0.389. The van der Waals surface area contributed by atoms with Gasteiger partial charge in [0, 0.05) is 23.2 Å². The highest BCUT2D eigenvalue weighted by Gasteiger charge is 2.22. The Morgan fingerprint density at radius 2 is 1.80 bits per heavy atom. The van der Waals surface area contributed by atoms with Crippen molar-refractivity contribution in [3.05, 3.63) is 45.3 Å². The van der Waals surface area contributed by atoms with Crippen LogP contribution in [0.25, 0.3) is 11.0 Å². The van der Waals surface area contributed by atoms with E-state index in [1.807, 2.05) is 27.7 Å². The molecule has 2 rings (SSSR count). The van der Waals surface area contributed by atoms with Crippen molar-refractivity contribution in [1.82, 2.24) is 4.90 Å². The van der Waals surface area contributed by atoms with E-state index in [1.165, 1.54) is 12.1 Å². The molecule has 0 radical (unpaired) electrons. The molecule has 0 saturated heterocycles. The van der Waals surface area contributed by atoms with Gasteiger partial charge in [-0.1, -0.05) is 11.6 Å². The fourth-order valence-electron chi connectivity index (χ4n) is 2.67. The van der Waals surface area contributed by atoms with E-state index in [-0.39, 0.29) is 34.7 Å². The number of fused-ring (bicyclic) bond motifs is 1. The Balaban J connectivity index is 2.16. The predicted octanol–water partition coefficient (Wildman–Crippen LogP) is 3.25. The molecule has 0 unspecified atom stereocenters. The molecule has 0 aliphatic carbocycles. The molecule has 0 bridgehead atoms. The fourth-order valence-corrected chi connectivity index (χ4v) is 2.85. The van der Waals surface area contributed by atoms with Gasteiger partial charge in [-0.2, -0.15) is 0 Å². The molecule has 1 aromatic heterocycles. The summed E-state index contributed by atoms with van der Waals surface area (Å²) in [5, 5.41) is 0.661. The summed E-state index contributed by atoms with van der Waals surface area (Å²) < 4.78 is 10.4. The maximum absolute atomic E-state index is 12.2. The summed E-state index contributed by atoms with van der Waals surface area (Å²) in [6.45, 7) is 7.11. The number of amides is 1. The molecular formula is C18H20ClNO5. The van der Waals surface area contributed by atoms with Gasteiger partial charge in [-0.15, -0.1) is 0 Å². The average Bonchev–Trinajstić information content (AvgIpc) is 2.52. The molecule has 6 nitrogen and oxygen atoms in total. The van der Waals surface area contributed by atoms with Crippen molar-refractivity contribution in [2.75, 3.05) is 6.61 Å². The Labute approximate surface area is 150 Å². The van der Waals surface area contributed by atoms with Gasteiger partial charge >= 0.3 is 5.97 Å². The van der Waals surface area contributed by atoms with Crippen LogP contribution >= 0.6 is 11.6 Å². The lowest BCUT2D eigenvalue weighted by Gasteiger charge is -2.30. The zero-order chi connectivity index (χ0) is 18.7. The lowest BCUT2D eigenvalue weighted by molar-refractivity contribution is -0.138. The first kappa shape index (κ1) is 19.0. The van der Waals surface area contributed by atoms with Crippen molar-refractivity contribution in [3.8, 4) is 0 Å². The van der Waals surface area contributed by atoms with Gasteiger partial charge in [-0.25, -0.2) is 4.79 Å². The molecule has 1 aromatic carbocycles. The number of halogens is 1. The van der Waals surface area contributed by atoms with Gasteiger partial charge in [0.2, 0.25) is 5.76 Å². The van der Waals surface area contributed by atoms with E-state index in [4.69, 9.17) is 20.8 Å². The third-order valence-corrected chi connectivity index (χ3v) is 3.85. The van der Waals surface area contributed by atoms with Crippen molar-refractivity contribution in [1.29, 1.82) is 0 Å². The van der Waals surface area contributed by atoms with Gasteiger partial charge in [-0.3, -0.25) is 9.59 Å². The van der Waals surface area contributed by atoms with Gasteiger partial charge in [0.15, 0.2) is 12.0 Å². The van der Waals surface area contributed by atoms with Crippen molar-refractivity contribution in [2.45, 2.75) is 39.8 Å². The van der Waals surface area contributed by atoms with Gasteiger partial charge in [0.25, 0.3) is 5.91 Å². The SMILES string of the molecule is CC(C)N(C(=O)COC(=O)c1cc(=O)c2cc(Cl)ccc2o1)C(C)C. The minimum Gasteiger partial charge on any atom is -0.450 e. The molecule has 2 aromatic rings. The van der Waals surface area contributed by atoms with Crippen LogP contribution in [0.3, 0.4) is 0 Å². The third-order valence-electron chi connectivity index (χ3n) is 3.62. The lowest BCUT2D eigenvalue weighted by Crippen LogP contribution is -2.44. The monoisotopic (exact) mass is 365 g/mol. The molecule has 134 valence electrons. The van der Waals surface area contributed by atoms with Crippen LogP contribution in [0.1, 0.15) is 38.2 Å². The smallest absolute Gasteiger partial charge is 0.374 e. The Morgan fingerprint density at radius 1 is 1.16 bits per heavy atom. The van der Waals surface area contributed by atoms with Crippen LogP contribution in [-0.2, 0) is 9.53 Å². The Kier molecular flexibility index (Phi) is 5.85. The molecule has 0 N–H and O–H groups in total. The van der Waals surface area contributed by atoms with Gasteiger partial charge < -0.3 is 14.1 Å². The van der Waals surface area contributed by atoms with E-state index in [2.05, 4.69) is 0 Å². The van der Waals surface area contributed by atoms with Crippen LogP contribution in [-0.4, -0.2) is 35.5 Å². The second kappa shape index (κ2) is 7.70. The van der Waals surface area contributed by atoms with E-state index in [0.717, 1.165) is 6.07 Å². The van der Waals surface area contributed by atoms with E-state index in [1.54, 1.807) is 11.0 Å². The number of benzene rings is 1. The van der Waals surface area contributed by atoms with Crippen molar-refractivity contribution in [2.24, 2.45) is 0 Å². The summed E-state index contributed by atoms with van der Waals surface area (Å²) in [5.74, 6) is -1.43. The normalized spacial score (nSPS) is 11.2. The minimum absolute atomic E-state index is 0.0189. The summed E-state index contributed by atoms with van der Waals surface area (Å²) in [6, 6.07) is 5.51. The number of esters is 1. The minimum atomic E-state index is -0.866. The summed E-state index contributed by atoms with van der Waals surface area (Å²) >= 11 is 5.84. The van der Waals surface area contributed by atoms with Crippen LogP contribution in [0.15, 0.2) is 33.5 Å². The number of hydrogen-bond acceptors (Lipinski definition) is 5. The number of rotatable bonds is 5. The molecule has 0 saturated carbocycles.